The van der Waals surface area contributed by atoms with E-state index in [0.717, 1.165) is 12.1 Å². The van der Waals surface area contributed by atoms with E-state index in [1.54, 1.807) is 30.3 Å². The number of nitrogens with one attached hydrogen (secondary N) is 3. The van der Waals surface area contributed by atoms with E-state index in [0.29, 0.717) is 5.56 Å². The Bertz CT molecular complexity index is 718. The molecule has 0 spiro atoms. The third-order valence-corrected chi connectivity index (χ3v) is 2.99. The zero-order chi connectivity index (χ0) is 17.6. The molecule has 2 aromatic carbocycles. The summed E-state index contributed by atoms with van der Waals surface area (Å²) in [6.07, 6.45) is -4.45. The molecule has 3 N–H and O–H groups in total. The minimum Gasteiger partial charge on any atom is -0.376 e. The van der Waals surface area contributed by atoms with Gasteiger partial charge in [-0.2, -0.15) is 13.2 Å². The molecule has 0 atom stereocenters. The van der Waals surface area contributed by atoms with Gasteiger partial charge in [0.15, 0.2) is 0 Å². The molecule has 0 aliphatic carbocycles. The number of anilines is 1. The van der Waals surface area contributed by atoms with Gasteiger partial charge in [0, 0.05) is 11.3 Å². The van der Waals surface area contributed by atoms with Gasteiger partial charge in [-0.15, -0.1) is 0 Å². The fraction of sp³-hybridized carbons (Fsp3) is 0.125. The highest BCUT2D eigenvalue weighted by Crippen LogP contribution is 2.30. The van der Waals surface area contributed by atoms with Gasteiger partial charge in [-0.05, 0) is 30.3 Å². The van der Waals surface area contributed by atoms with Crippen molar-refractivity contribution in [3.05, 3.63) is 65.7 Å². The van der Waals surface area contributed by atoms with Crippen LogP contribution in [0, 0.1) is 0 Å². The van der Waals surface area contributed by atoms with E-state index in [9.17, 15) is 22.8 Å². The topological polar surface area (TPSA) is 70.2 Å². The number of hydrogen-bond donors (Lipinski definition) is 3. The predicted molar refractivity (Wildman–Crippen MR) is 82.0 cm³/mol. The highest BCUT2D eigenvalue weighted by atomic mass is 19.4. The average Bonchev–Trinajstić information content (AvgIpc) is 2.58. The Morgan fingerprint density at radius 3 is 2.29 bits per heavy atom. The molecule has 2 aromatic rings. The third kappa shape index (κ3) is 5.01. The first-order valence-corrected chi connectivity index (χ1v) is 6.91. The molecule has 0 radical (unpaired) electrons. The minimum atomic E-state index is -4.45. The number of carbonyl (C=O) groups is 2. The molecule has 0 unspecified atom stereocenters. The van der Waals surface area contributed by atoms with Crippen LogP contribution in [0.4, 0.5) is 18.9 Å². The first kappa shape index (κ1) is 17.3. The lowest BCUT2D eigenvalue weighted by Gasteiger charge is -2.11. The van der Waals surface area contributed by atoms with E-state index in [1.807, 2.05) is 0 Å². The average molecular weight is 337 g/mol. The number of rotatable bonds is 4. The second kappa shape index (κ2) is 7.49. The summed E-state index contributed by atoms with van der Waals surface area (Å²) in [6, 6.07) is 12.7. The van der Waals surface area contributed by atoms with Gasteiger partial charge >= 0.3 is 6.18 Å². The number of hydrazine groups is 1. The van der Waals surface area contributed by atoms with Crippen molar-refractivity contribution in [3.8, 4) is 0 Å². The van der Waals surface area contributed by atoms with Gasteiger partial charge in [-0.25, -0.2) is 0 Å². The maximum atomic E-state index is 12.6. The Hall–Kier alpha value is -3.03. The van der Waals surface area contributed by atoms with Crippen LogP contribution in [0.1, 0.15) is 15.9 Å². The summed E-state index contributed by atoms with van der Waals surface area (Å²) < 4.78 is 37.7. The van der Waals surface area contributed by atoms with Crippen LogP contribution in [0.25, 0.3) is 0 Å². The van der Waals surface area contributed by atoms with Crippen LogP contribution in [0.2, 0.25) is 0 Å². The molecule has 0 fully saturated rings. The van der Waals surface area contributed by atoms with Crippen LogP contribution in [0.3, 0.4) is 0 Å². The van der Waals surface area contributed by atoms with E-state index >= 15 is 0 Å². The van der Waals surface area contributed by atoms with Gasteiger partial charge in [-0.3, -0.25) is 20.4 Å². The number of benzene rings is 2. The smallest absolute Gasteiger partial charge is 0.376 e. The SMILES string of the molecule is O=C(CNc1cccc(C(F)(F)F)c1)NNC(=O)c1ccccc1. The Kier molecular flexibility index (Phi) is 5.41. The molecule has 2 amide bonds. The van der Waals surface area contributed by atoms with Crippen LogP contribution in [0.15, 0.2) is 54.6 Å². The third-order valence-electron chi connectivity index (χ3n) is 2.99. The predicted octanol–water partition coefficient (Wildman–Crippen LogP) is 2.58. The van der Waals surface area contributed by atoms with Crippen LogP contribution in [0.5, 0.6) is 0 Å². The molecule has 0 bridgehead atoms. The number of alkyl halides is 3. The van der Waals surface area contributed by atoms with Crippen molar-refractivity contribution in [1.29, 1.82) is 0 Å². The summed E-state index contributed by atoms with van der Waals surface area (Å²) in [5, 5.41) is 2.56. The van der Waals surface area contributed by atoms with Crippen LogP contribution >= 0.6 is 0 Å². The van der Waals surface area contributed by atoms with Gasteiger partial charge in [0.25, 0.3) is 11.8 Å². The molecule has 0 heterocycles. The quantitative estimate of drug-likeness (QED) is 0.751. The summed E-state index contributed by atoms with van der Waals surface area (Å²) in [7, 11) is 0. The molecule has 2 rings (SSSR count). The number of hydrogen-bond acceptors (Lipinski definition) is 3. The lowest BCUT2D eigenvalue weighted by Crippen LogP contribution is -2.44. The largest absolute Gasteiger partial charge is 0.416 e. The molecule has 5 nitrogen and oxygen atoms in total. The molecule has 0 saturated heterocycles. The van der Waals surface area contributed by atoms with Gasteiger partial charge in [0.05, 0.1) is 12.1 Å². The van der Waals surface area contributed by atoms with Gasteiger partial charge in [-0.1, -0.05) is 24.3 Å². The van der Waals surface area contributed by atoms with Crippen molar-refractivity contribution in [3.63, 3.8) is 0 Å². The number of amides is 2. The standard InChI is InChI=1S/C16H14F3N3O2/c17-16(18,19)12-7-4-8-13(9-12)20-10-14(23)21-22-15(24)11-5-2-1-3-6-11/h1-9,20H,10H2,(H,21,23)(H,22,24). The Balaban J connectivity index is 1.82. The van der Waals surface area contributed by atoms with Gasteiger partial charge in [0.1, 0.15) is 0 Å². The van der Waals surface area contributed by atoms with Crippen molar-refractivity contribution in [2.45, 2.75) is 6.18 Å². The van der Waals surface area contributed by atoms with Crippen molar-refractivity contribution in [2.75, 3.05) is 11.9 Å². The lowest BCUT2D eigenvalue weighted by atomic mass is 10.2. The first-order valence-electron chi connectivity index (χ1n) is 6.91. The number of halogens is 3. The van der Waals surface area contributed by atoms with Crippen LogP contribution in [-0.2, 0) is 11.0 Å². The molecule has 0 aliphatic rings. The maximum Gasteiger partial charge on any atom is 0.416 e. The summed E-state index contributed by atoms with van der Waals surface area (Å²) in [5.74, 6) is -1.10. The molecule has 126 valence electrons. The summed E-state index contributed by atoms with van der Waals surface area (Å²) >= 11 is 0. The molecule has 0 aromatic heterocycles. The zero-order valence-electron chi connectivity index (χ0n) is 12.4. The highest BCUT2D eigenvalue weighted by Gasteiger charge is 2.30. The van der Waals surface area contributed by atoms with E-state index in [2.05, 4.69) is 16.2 Å². The second-order valence-electron chi connectivity index (χ2n) is 4.80. The first-order chi connectivity index (χ1) is 11.4. The van der Waals surface area contributed by atoms with E-state index in [-0.39, 0.29) is 12.2 Å². The van der Waals surface area contributed by atoms with E-state index in [4.69, 9.17) is 0 Å². The molecule has 8 heteroatoms. The van der Waals surface area contributed by atoms with E-state index in [1.165, 1.54) is 12.1 Å². The number of carbonyl (C=O) groups excluding carboxylic acids is 2. The lowest BCUT2D eigenvalue weighted by molar-refractivity contribution is -0.137. The van der Waals surface area contributed by atoms with Crippen molar-refractivity contribution < 1.29 is 22.8 Å². The second-order valence-corrected chi connectivity index (χ2v) is 4.80. The summed E-state index contributed by atoms with van der Waals surface area (Å²) in [4.78, 5) is 23.3. The molecular formula is C16H14F3N3O2. The van der Waals surface area contributed by atoms with Crippen molar-refractivity contribution in [2.24, 2.45) is 0 Å². The van der Waals surface area contributed by atoms with E-state index < -0.39 is 23.6 Å². The normalized spacial score (nSPS) is 10.8. The fourth-order valence-electron chi connectivity index (χ4n) is 1.82. The zero-order valence-corrected chi connectivity index (χ0v) is 12.4. The minimum absolute atomic E-state index is 0.148. The molecule has 0 aliphatic heterocycles. The Labute approximate surface area is 135 Å². The Morgan fingerprint density at radius 2 is 1.62 bits per heavy atom. The molecule has 0 saturated carbocycles. The Morgan fingerprint density at radius 1 is 0.917 bits per heavy atom. The van der Waals surface area contributed by atoms with Crippen molar-refractivity contribution in [1.82, 2.24) is 10.9 Å². The maximum absolute atomic E-state index is 12.6. The van der Waals surface area contributed by atoms with Crippen LogP contribution < -0.4 is 16.2 Å². The van der Waals surface area contributed by atoms with Gasteiger partial charge in [0.2, 0.25) is 0 Å². The van der Waals surface area contributed by atoms with Gasteiger partial charge < -0.3 is 5.32 Å². The monoisotopic (exact) mass is 337 g/mol. The van der Waals surface area contributed by atoms with Crippen LogP contribution in [-0.4, -0.2) is 18.4 Å². The summed E-state index contributed by atoms with van der Waals surface area (Å²) in [5.41, 5.74) is 4.08. The fourth-order valence-corrected chi connectivity index (χ4v) is 1.82. The summed E-state index contributed by atoms with van der Waals surface area (Å²) in [6.45, 7) is -0.295. The highest BCUT2D eigenvalue weighted by molar-refractivity contribution is 5.95. The molecular weight excluding hydrogens is 323 g/mol. The molecule has 24 heavy (non-hydrogen) atoms. The van der Waals surface area contributed by atoms with Crippen molar-refractivity contribution >= 4 is 17.5 Å².